The van der Waals surface area contributed by atoms with Crippen molar-refractivity contribution in [2.75, 3.05) is 12.4 Å². The van der Waals surface area contributed by atoms with E-state index in [9.17, 15) is 4.79 Å². The van der Waals surface area contributed by atoms with Gasteiger partial charge in [-0.3, -0.25) is 4.79 Å². The lowest BCUT2D eigenvalue weighted by Crippen LogP contribution is -2.25. The lowest BCUT2D eigenvalue weighted by atomic mass is 9.97. The second-order valence-electron chi connectivity index (χ2n) is 2.76. The third-order valence-corrected chi connectivity index (χ3v) is 2.33. The largest absolute Gasteiger partial charge is 0.395 e. The second kappa shape index (κ2) is 3.98. The van der Waals surface area contributed by atoms with Gasteiger partial charge in [-0.15, -0.1) is 0 Å². The Morgan fingerprint density at radius 2 is 2.10 bits per heavy atom. The van der Waals surface area contributed by atoms with Gasteiger partial charge in [-0.05, 0) is 19.6 Å². The van der Waals surface area contributed by atoms with Crippen LogP contribution in [-0.2, 0) is 4.79 Å². The lowest BCUT2D eigenvalue weighted by molar-refractivity contribution is -0.119. The molecule has 0 bridgehead atoms. The third kappa shape index (κ3) is 2.71. The standard InChI is InChI=1S/C7H14O2S/c1-4-10-6(9)7(2,3)5-8/h8H,4-5H2,1-3H3. The average molecular weight is 162 g/mol. The van der Waals surface area contributed by atoms with Crippen LogP contribution in [0.15, 0.2) is 0 Å². The van der Waals surface area contributed by atoms with Crippen molar-refractivity contribution in [2.24, 2.45) is 5.41 Å². The molecule has 1 N–H and O–H groups in total. The van der Waals surface area contributed by atoms with Crippen LogP contribution in [0.5, 0.6) is 0 Å². The van der Waals surface area contributed by atoms with Crippen molar-refractivity contribution in [2.45, 2.75) is 20.8 Å². The zero-order valence-corrected chi connectivity index (χ0v) is 7.49. The summed E-state index contributed by atoms with van der Waals surface area (Å²) >= 11 is 1.26. The van der Waals surface area contributed by atoms with Crippen molar-refractivity contribution in [3.63, 3.8) is 0 Å². The van der Waals surface area contributed by atoms with Crippen LogP contribution in [0.4, 0.5) is 0 Å². The molecule has 0 saturated carbocycles. The van der Waals surface area contributed by atoms with Crippen LogP contribution in [0.25, 0.3) is 0 Å². The highest BCUT2D eigenvalue weighted by Crippen LogP contribution is 2.22. The van der Waals surface area contributed by atoms with Gasteiger partial charge in [0, 0.05) is 0 Å². The first kappa shape index (κ1) is 9.98. The Morgan fingerprint density at radius 1 is 1.60 bits per heavy atom. The first-order valence-corrected chi connectivity index (χ1v) is 4.31. The second-order valence-corrected chi connectivity index (χ2v) is 4.00. The Bertz CT molecular complexity index is 121. The summed E-state index contributed by atoms with van der Waals surface area (Å²) in [6.07, 6.45) is 0. The summed E-state index contributed by atoms with van der Waals surface area (Å²) in [7, 11) is 0. The van der Waals surface area contributed by atoms with E-state index >= 15 is 0 Å². The molecule has 0 amide bonds. The first-order chi connectivity index (χ1) is 4.54. The van der Waals surface area contributed by atoms with Crippen LogP contribution in [0.2, 0.25) is 0 Å². The summed E-state index contributed by atoms with van der Waals surface area (Å²) in [6, 6.07) is 0. The fourth-order valence-electron chi connectivity index (χ4n) is 0.391. The minimum Gasteiger partial charge on any atom is -0.395 e. The van der Waals surface area contributed by atoms with E-state index in [-0.39, 0.29) is 11.7 Å². The van der Waals surface area contributed by atoms with Crippen molar-refractivity contribution < 1.29 is 9.90 Å². The zero-order chi connectivity index (χ0) is 8.20. The number of hydrogen-bond donors (Lipinski definition) is 1. The van der Waals surface area contributed by atoms with Crippen LogP contribution in [-0.4, -0.2) is 22.6 Å². The summed E-state index contributed by atoms with van der Waals surface area (Å²) in [5.74, 6) is 0.780. The van der Waals surface area contributed by atoms with Gasteiger partial charge in [0.1, 0.15) is 0 Å². The molecule has 0 fully saturated rings. The molecule has 0 spiro atoms. The Labute approximate surface area is 66.0 Å². The number of aliphatic hydroxyl groups excluding tert-OH is 1. The monoisotopic (exact) mass is 162 g/mol. The molecular weight excluding hydrogens is 148 g/mol. The fourth-order valence-corrected chi connectivity index (χ4v) is 1.11. The van der Waals surface area contributed by atoms with Crippen LogP contribution in [0, 0.1) is 5.41 Å². The molecule has 0 aromatic heterocycles. The summed E-state index contributed by atoms with van der Waals surface area (Å²) in [5, 5.41) is 8.82. The average Bonchev–Trinajstić information content (AvgIpc) is 1.89. The van der Waals surface area contributed by atoms with E-state index in [1.165, 1.54) is 11.8 Å². The third-order valence-electron chi connectivity index (χ3n) is 1.22. The number of rotatable bonds is 3. The van der Waals surface area contributed by atoms with Gasteiger partial charge in [0.15, 0.2) is 5.12 Å². The fraction of sp³-hybridized carbons (Fsp3) is 0.857. The van der Waals surface area contributed by atoms with Crippen LogP contribution < -0.4 is 0 Å². The van der Waals surface area contributed by atoms with E-state index in [2.05, 4.69) is 0 Å². The van der Waals surface area contributed by atoms with E-state index in [0.717, 1.165) is 5.75 Å². The maximum atomic E-state index is 11.1. The van der Waals surface area contributed by atoms with E-state index in [4.69, 9.17) is 5.11 Å². The Kier molecular flexibility index (Phi) is 3.98. The van der Waals surface area contributed by atoms with Crippen molar-refractivity contribution >= 4 is 16.9 Å². The maximum absolute atomic E-state index is 11.1. The SMILES string of the molecule is CCSC(=O)C(C)(C)CO. The number of thioether (sulfide) groups is 1. The molecule has 0 aliphatic rings. The predicted octanol–water partition coefficient (Wildman–Crippen LogP) is 1.28. The van der Waals surface area contributed by atoms with Gasteiger partial charge in [-0.2, -0.15) is 0 Å². The van der Waals surface area contributed by atoms with E-state index < -0.39 is 5.41 Å². The van der Waals surface area contributed by atoms with Crippen LogP contribution >= 0.6 is 11.8 Å². The normalized spacial score (nSPS) is 11.6. The molecule has 0 unspecified atom stereocenters. The van der Waals surface area contributed by atoms with Crippen LogP contribution in [0.1, 0.15) is 20.8 Å². The molecule has 0 aliphatic carbocycles. The summed E-state index contributed by atoms with van der Waals surface area (Å²) < 4.78 is 0. The quantitative estimate of drug-likeness (QED) is 0.679. The van der Waals surface area contributed by atoms with Gasteiger partial charge in [-0.1, -0.05) is 18.7 Å². The van der Waals surface area contributed by atoms with Gasteiger partial charge >= 0.3 is 0 Å². The van der Waals surface area contributed by atoms with E-state index in [1.807, 2.05) is 6.92 Å². The van der Waals surface area contributed by atoms with Gasteiger partial charge in [0.25, 0.3) is 0 Å². The number of carbonyl (C=O) groups is 1. The summed E-state index contributed by atoms with van der Waals surface area (Å²) in [4.78, 5) is 11.1. The lowest BCUT2D eigenvalue weighted by Gasteiger charge is -2.17. The molecule has 10 heavy (non-hydrogen) atoms. The predicted molar refractivity (Wildman–Crippen MR) is 44.0 cm³/mol. The van der Waals surface area contributed by atoms with Gasteiger partial charge in [-0.25, -0.2) is 0 Å². The number of carbonyl (C=O) groups excluding carboxylic acids is 1. The minimum absolute atomic E-state index is 0.0671. The molecule has 0 atom stereocenters. The number of aliphatic hydroxyl groups is 1. The molecule has 0 aliphatic heterocycles. The van der Waals surface area contributed by atoms with E-state index in [1.54, 1.807) is 13.8 Å². The smallest absolute Gasteiger partial charge is 0.196 e. The molecular formula is C7H14O2S. The molecule has 0 aromatic rings. The van der Waals surface area contributed by atoms with Crippen molar-refractivity contribution in [1.82, 2.24) is 0 Å². The highest BCUT2D eigenvalue weighted by atomic mass is 32.2. The van der Waals surface area contributed by atoms with Crippen molar-refractivity contribution in [3.05, 3.63) is 0 Å². The topological polar surface area (TPSA) is 37.3 Å². The molecule has 0 rings (SSSR count). The van der Waals surface area contributed by atoms with Crippen molar-refractivity contribution in [1.29, 1.82) is 0 Å². The molecule has 3 heteroatoms. The first-order valence-electron chi connectivity index (χ1n) is 3.32. The van der Waals surface area contributed by atoms with Crippen molar-refractivity contribution in [3.8, 4) is 0 Å². The molecule has 0 saturated heterocycles. The van der Waals surface area contributed by atoms with Gasteiger partial charge in [0.2, 0.25) is 0 Å². The molecule has 60 valence electrons. The van der Waals surface area contributed by atoms with E-state index in [0.29, 0.717) is 0 Å². The summed E-state index contributed by atoms with van der Waals surface area (Å²) in [5.41, 5.74) is -0.569. The zero-order valence-electron chi connectivity index (χ0n) is 6.68. The Morgan fingerprint density at radius 3 is 2.40 bits per heavy atom. The Hall–Kier alpha value is -0.0200. The highest BCUT2D eigenvalue weighted by molar-refractivity contribution is 8.13. The minimum atomic E-state index is -0.569. The molecule has 0 aromatic carbocycles. The van der Waals surface area contributed by atoms with Gasteiger partial charge < -0.3 is 5.11 Å². The molecule has 0 radical (unpaired) electrons. The molecule has 0 heterocycles. The highest BCUT2D eigenvalue weighted by Gasteiger charge is 2.25. The Balaban J connectivity index is 3.91. The number of hydrogen-bond acceptors (Lipinski definition) is 3. The summed E-state index contributed by atoms with van der Waals surface area (Å²) in [6.45, 7) is 5.35. The van der Waals surface area contributed by atoms with Crippen LogP contribution in [0.3, 0.4) is 0 Å². The molecule has 2 nitrogen and oxygen atoms in total. The van der Waals surface area contributed by atoms with Gasteiger partial charge in [0.05, 0.1) is 12.0 Å². The maximum Gasteiger partial charge on any atom is 0.196 e.